The summed E-state index contributed by atoms with van der Waals surface area (Å²) < 4.78 is 5.68. The maximum absolute atomic E-state index is 12.3. The molecule has 25 heavy (non-hydrogen) atoms. The first-order valence-electron chi connectivity index (χ1n) is 8.39. The van der Waals surface area contributed by atoms with Gasteiger partial charge in [-0.1, -0.05) is 12.1 Å². The lowest BCUT2D eigenvalue weighted by Gasteiger charge is -2.20. The number of carbonyl (C=O) groups is 2. The number of rotatable bonds is 4. The molecular weight excluding hydrogens is 318 g/mol. The van der Waals surface area contributed by atoms with Crippen molar-refractivity contribution in [1.29, 1.82) is 0 Å². The number of amides is 2. The van der Waals surface area contributed by atoms with Gasteiger partial charge >= 0.3 is 0 Å². The van der Waals surface area contributed by atoms with Crippen molar-refractivity contribution in [1.82, 2.24) is 5.32 Å². The van der Waals surface area contributed by atoms with E-state index in [0.717, 1.165) is 33.0 Å². The lowest BCUT2D eigenvalue weighted by molar-refractivity contribution is -0.134. The number of nitrogens with two attached hydrogens (primary N) is 1. The molecule has 1 aliphatic rings. The van der Waals surface area contributed by atoms with E-state index in [2.05, 4.69) is 16.7 Å². The van der Waals surface area contributed by atoms with Gasteiger partial charge in [-0.25, -0.2) is 0 Å². The van der Waals surface area contributed by atoms with E-state index in [9.17, 15) is 9.59 Å². The zero-order chi connectivity index (χ0) is 17.4. The summed E-state index contributed by atoms with van der Waals surface area (Å²) in [7, 11) is 0. The largest absolute Gasteiger partial charge is 0.464 e. The van der Waals surface area contributed by atoms with Crippen LogP contribution < -0.4 is 16.4 Å². The molecule has 4 rings (SSSR count). The molecule has 0 aliphatic carbocycles. The van der Waals surface area contributed by atoms with Gasteiger partial charge in [0.05, 0.1) is 12.2 Å². The van der Waals surface area contributed by atoms with E-state index in [1.165, 1.54) is 0 Å². The molecule has 0 radical (unpaired) electrons. The maximum Gasteiger partial charge on any atom is 0.234 e. The lowest BCUT2D eigenvalue weighted by Crippen LogP contribution is -2.39. The molecule has 4 N–H and O–H groups in total. The Balaban J connectivity index is 1.82. The van der Waals surface area contributed by atoms with Crippen molar-refractivity contribution in [3.63, 3.8) is 0 Å². The molecule has 3 aromatic rings. The molecular formula is C19H19N3O3. The van der Waals surface area contributed by atoms with Crippen molar-refractivity contribution < 1.29 is 14.0 Å². The van der Waals surface area contributed by atoms with Crippen molar-refractivity contribution in [2.45, 2.75) is 18.8 Å². The third-order valence-corrected chi connectivity index (χ3v) is 4.67. The number of fused-ring (bicyclic) bond motifs is 3. The molecule has 6 heteroatoms. The van der Waals surface area contributed by atoms with Crippen LogP contribution >= 0.6 is 0 Å². The second-order valence-corrected chi connectivity index (χ2v) is 6.28. The quantitative estimate of drug-likeness (QED) is 0.636. The molecule has 1 aliphatic heterocycles. The van der Waals surface area contributed by atoms with Gasteiger partial charge < -0.3 is 15.5 Å². The molecule has 2 aromatic carbocycles. The Hall–Kier alpha value is -2.86. The average Bonchev–Trinajstić information content (AvgIpc) is 3.04. The van der Waals surface area contributed by atoms with E-state index in [4.69, 9.17) is 10.2 Å². The fourth-order valence-corrected chi connectivity index (χ4v) is 3.46. The van der Waals surface area contributed by atoms with Crippen molar-refractivity contribution in [3.05, 3.63) is 42.2 Å². The van der Waals surface area contributed by atoms with Crippen LogP contribution in [-0.2, 0) is 9.59 Å². The minimum absolute atomic E-state index is 0.213. The Kier molecular flexibility index (Phi) is 3.89. The van der Waals surface area contributed by atoms with Gasteiger partial charge in [-0.2, -0.15) is 0 Å². The highest BCUT2D eigenvalue weighted by Crippen LogP contribution is 2.37. The predicted octanol–water partition coefficient (Wildman–Crippen LogP) is 2.48. The number of nitrogens with one attached hydrogen (secondary N) is 2. The van der Waals surface area contributed by atoms with Crippen molar-refractivity contribution in [3.8, 4) is 0 Å². The summed E-state index contributed by atoms with van der Waals surface area (Å²) in [5.74, 6) is -0.827. The van der Waals surface area contributed by atoms with E-state index in [1.807, 2.05) is 24.3 Å². The minimum Gasteiger partial charge on any atom is -0.464 e. The standard InChI is InChI=1S/C19H19N3O3/c20-7-8-21-12-2-3-13-11(9-12)1-5-16-18(13)15(10-25-16)14-4-6-17(23)22-19(14)24/h1-3,5,9-10,14,21H,4,6-8,20H2,(H,22,23,24). The molecule has 0 saturated carbocycles. The van der Waals surface area contributed by atoms with Crippen LogP contribution in [-0.4, -0.2) is 24.9 Å². The first-order chi connectivity index (χ1) is 12.2. The van der Waals surface area contributed by atoms with Crippen LogP contribution in [0.5, 0.6) is 0 Å². The first kappa shape index (κ1) is 15.7. The Bertz CT molecular complexity index is 977. The van der Waals surface area contributed by atoms with Crippen LogP contribution in [0.2, 0.25) is 0 Å². The maximum atomic E-state index is 12.3. The second-order valence-electron chi connectivity index (χ2n) is 6.28. The molecule has 2 heterocycles. The normalized spacial score (nSPS) is 17.9. The summed E-state index contributed by atoms with van der Waals surface area (Å²) in [5, 5.41) is 8.72. The monoisotopic (exact) mass is 337 g/mol. The van der Waals surface area contributed by atoms with Gasteiger partial charge in [0.25, 0.3) is 0 Å². The van der Waals surface area contributed by atoms with Gasteiger partial charge in [-0.15, -0.1) is 0 Å². The fraction of sp³-hybridized carbons (Fsp3) is 0.263. The second kappa shape index (κ2) is 6.22. The van der Waals surface area contributed by atoms with E-state index in [0.29, 0.717) is 25.9 Å². The smallest absolute Gasteiger partial charge is 0.234 e. The Morgan fingerprint density at radius 1 is 1.24 bits per heavy atom. The van der Waals surface area contributed by atoms with Gasteiger partial charge in [-0.05, 0) is 35.4 Å². The highest BCUT2D eigenvalue weighted by atomic mass is 16.3. The Morgan fingerprint density at radius 3 is 2.92 bits per heavy atom. The van der Waals surface area contributed by atoms with Gasteiger partial charge in [0.1, 0.15) is 5.58 Å². The number of imide groups is 1. The lowest BCUT2D eigenvalue weighted by atomic mass is 9.89. The summed E-state index contributed by atoms with van der Waals surface area (Å²) in [6.45, 7) is 1.28. The Morgan fingerprint density at radius 2 is 2.12 bits per heavy atom. The van der Waals surface area contributed by atoms with Gasteiger partial charge in [0.15, 0.2) is 0 Å². The number of anilines is 1. The highest BCUT2D eigenvalue weighted by molar-refractivity contribution is 6.11. The van der Waals surface area contributed by atoms with Crippen LogP contribution in [0.1, 0.15) is 24.3 Å². The number of piperidine rings is 1. The van der Waals surface area contributed by atoms with E-state index in [1.54, 1.807) is 6.26 Å². The molecule has 1 aromatic heterocycles. The van der Waals surface area contributed by atoms with Crippen LogP contribution in [0, 0.1) is 0 Å². The molecule has 1 atom stereocenters. The predicted molar refractivity (Wildman–Crippen MR) is 96.4 cm³/mol. The number of hydrogen-bond donors (Lipinski definition) is 3. The molecule has 2 amide bonds. The van der Waals surface area contributed by atoms with Crippen molar-refractivity contribution in [2.24, 2.45) is 5.73 Å². The zero-order valence-electron chi connectivity index (χ0n) is 13.7. The summed E-state index contributed by atoms with van der Waals surface area (Å²) in [4.78, 5) is 23.7. The van der Waals surface area contributed by atoms with Crippen LogP contribution in [0.3, 0.4) is 0 Å². The zero-order valence-corrected chi connectivity index (χ0v) is 13.7. The van der Waals surface area contributed by atoms with Gasteiger partial charge in [0, 0.05) is 36.1 Å². The molecule has 128 valence electrons. The number of benzene rings is 2. The van der Waals surface area contributed by atoms with Crippen molar-refractivity contribution >= 4 is 39.2 Å². The summed E-state index contributed by atoms with van der Waals surface area (Å²) >= 11 is 0. The summed E-state index contributed by atoms with van der Waals surface area (Å²) in [6.07, 6.45) is 2.50. The van der Waals surface area contributed by atoms with Gasteiger partial charge in [0.2, 0.25) is 11.8 Å². The molecule has 1 unspecified atom stereocenters. The molecule has 0 spiro atoms. The Labute approximate surface area is 144 Å². The topological polar surface area (TPSA) is 97.4 Å². The van der Waals surface area contributed by atoms with Crippen LogP contribution in [0.4, 0.5) is 5.69 Å². The first-order valence-corrected chi connectivity index (χ1v) is 8.39. The van der Waals surface area contributed by atoms with E-state index < -0.39 is 0 Å². The molecule has 6 nitrogen and oxygen atoms in total. The van der Waals surface area contributed by atoms with E-state index in [-0.39, 0.29) is 17.7 Å². The SMILES string of the molecule is NCCNc1ccc2c(ccc3occ(C4CCC(=O)NC4=O)c32)c1. The third kappa shape index (κ3) is 2.74. The van der Waals surface area contributed by atoms with Gasteiger partial charge in [-0.3, -0.25) is 14.9 Å². The summed E-state index contributed by atoms with van der Waals surface area (Å²) in [5.41, 5.74) is 8.13. The molecule has 0 bridgehead atoms. The fourth-order valence-electron chi connectivity index (χ4n) is 3.46. The molecule has 1 fully saturated rings. The van der Waals surface area contributed by atoms with Crippen LogP contribution in [0.25, 0.3) is 21.7 Å². The van der Waals surface area contributed by atoms with Crippen molar-refractivity contribution in [2.75, 3.05) is 18.4 Å². The number of hydrogen-bond acceptors (Lipinski definition) is 5. The van der Waals surface area contributed by atoms with Crippen LogP contribution in [0.15, 0.2) is 41.0 Å². The summed E-state index contributed by atoms with van der Waals surface area (Å²) in [6, 6.07) is 10.0. The number of carbonyl (C=O) groups excluding carboxylic acids is 2. The molecule has 1 saturated heterocycles. The average molecular weight is 337 g/mol. The van der Waals surface area contributed by atoms with E-state index >= 15 is 0 Å². The highest BCUT2D eigenvalue weighted by Gasteiger charge is 2.30. The minimum atomic E-state index is -0.361. The number of furan rings is 1. The third-order valence-electron chi connectivity index (χ3n) is 4.67.